The van der Waals surface area contributed by atoms with E-state index in [-0.39, 0.29) is 12.4 Å². The first-order chi connectivity index (χ1) is 5.74. The van der Waals surface area contributed by atoms with Crippen molar-refractivity contribution >= 4 is 0 Å². The molecule has 1 rings (SSSR count). The monoisotopic (exact) mass is 168 g/mol. The van der Waals surface area contributed by atoms with E-state index in [1.807, 2.05) is 6.07 Å². The quantitative estimate of drug-likeness (QED) is 0.672. The van der Waals surface area contributed by atoms with Gasteiger partial charge in [-0.15, -0.1) is 0 Å². The lowest BCUT2D eigenvalue weighted by Crippen LogP contribution is -1.96. The zero-order valence-corrected chi connectivity index (χ0v) is 5.97. The van der Waals surface area contributed by atoms with Crippen molar-refractivity contribution in [2.45, 2.75) is 0 Å². The van der Waals surface area contributed by atoms with Gasteiger partial charge in [-0.3, -0.25) is 0 Å². The lowest BCUT2D eigenvalue weighted by atomic mass is 10.3. The van der Waals surface area contributed by atoms with E-state index in [9.17, 15) is 8.78 Å². The first-order valence-electron chi connectivity index (χ1n) is 3.10. The Balaban J connectivity index is 2.84. The van der Waals surface area contributed by atoms with Gasteiger partial charge in [-0.2, -0.15) is 5.26 Å². The number of hydrogen-bond acceptors (Lipinski definition) is 2. The molecule has 0 atom stereocenters. The minimum Gasteiger partial charge on any atom is -0.476 e. The fraction of sp³-hybridized carbons (Fsp3) is 0.125. The van der Waals surface area contributed by atoms with Gasteiger partial charge in [-0.25, -0.2) is 8.78 Å². The molecule has 0 bridgehead atoms. The van der Waals surface area contributed by atoms with Gasteiger partial charge < -0.3 is 4.74 Å². The van der Waals surface area contributed by atoms with Gasteiger partial charge in [0, 0.05) is 12.1 Å². The van der Waals surface area contributed by atoms with Crippen LogP contribution in [-0.4, -0.2) is 6.61 Å². The number of nitrogens with zero attached hydrogens (tertiary/aromatic N) is 1. The molecule has 1 aromatic carbocycles. The average molecular weight is 168 g/mol. The van der Waals surface area contributed by atoms with Crippen LogP contribution in [0.1, 0.15) is 0 Å². The van der Waals surface area contributed by atoms with E-state index in [2.05, 4.69) is 4.74 Å². The molecule has 0 unspecified atom stereocenters. The third-order valence-electron chi connectivity index (χ3n) is 1.12. The highest BCUT2D eigenvalue weighted by atomic mass is 19.1. The largest absolute Gasteiger partial charge is 0.476 e. The summed E-state index contributed by atoms with van der Waals surface area (Å²) in [5.74, 6) is -1.72. The highest BCUT2D eigenvalue weighted by Crippen LogP contribution is 2.16. The van der Waals surface area contributed by atoms with Gasteiger partial charge in [0.1, 0.15) is 11.9 Å². The standard InChI is InChI=1S/C8H4F2NO/c9-6-1-2-7(10)8(5-6)12-4-3-11/h2,5H,4H2. The van der Waals surface area contributed by atoms with E-state index in [4.69, 9.17) is 5.26 Å². The van der Waals surface area contributed by atoms with Gasteiger partial charge >= 0.3 is 0 Å². The summed E-state index contributed by atoms with van der Waals surface area (Å²) in [5.41, 5.74) is 0. The predicted molar refractivity (Wildman–Crippen MR) is 36.3 cm³/mol. The summed E-state index contributed by atoms with van der Waals surface area (Å²) in [5, 5.41) is 8.09. The molecule has 0 fully saturated rings. The van der Waals surface area contributed by atoms with Crippen LogP contribution in [0.3, 0.4) is 0 Å². The van der Waals surface area contributed by atoms with E-state index >= 15 is 0 Å². The van der Waals surface area contributed by atoms with Crippen LogP contribution in [0.4, 0.5) is 8.78 Å². The fourth-order valence-electron chi connectivity index (χ4n) is 0.650. The second kappa shape index (κ2) is 3.67. The van der Waals surface area contributed by atoms with Gasteiger partial charge in [0.15, 0.2) is 18.2 Å². The van der Waals surface area contributed by atoms with E-state index < -0.39 is 11.6 Å². The number of rotatable bonds is 2. The van der Waals surface area contributed by atoms with Crippen LogP contribution in [0.25, 0.3) is 0 Å². The maximum atomic E-state index is 12.7. The third kappa shape index (κ3) is 1.92. The van der Waals surface area contributed by atoms with Crippen molar-refractivity contribution in [3.05, 3.63) is 29.8 Å². The minimum atomic E-state index is -0.730. The van der Waals surface area contributed by atoms with Gasteiger partial charge in [0.2, 0.25) is 0 Å². The van der Waals surface area contributed by atoms with Crippen molar-refractivity contribution in [1.82, 2.24) is 0 Å². The lowest BCUT2D eigenvalue weighted by Gasteiger charge is -2.01. The lowest BCUT2D eigenvalue weighted by molar-refractivity contribution is 0.343. The van der Waals surface area contributed by atoms with Crippen LogP contribution in [-0.2, 0) is 0 Å². The molecule has 0 aromatic heterocycles. The summed E-state index contributed by atoms with van der Waals surface area (Å²) in [4.78, 5) is 0. The van der Waals surface area contributed by atoms with Gasteiger partial charge in [0.05, 0.1) is 0 Å². The predicted octanol–water partition coefficient (Wildman–Crippen LogP) is 1.67. The van der Waals surface area contributed by atoms with Crippen molar-refractivity contribution in [1.29, 1.82) is 5.26 Å². The van der Waals surface area contributed by atoms with Crippen LogP contribution >= 0.6 is 0 Å². The van der Waals surface area contributed by atoms with E-state index in [0.717, 1.165) is 12.1 Å². The Bertz CT molecular complexity index is 319. The molecular weight excluding hydrogens is 164 g/mol. The number of ether oxygens (including phenoxy) is 1. The number of hydrogen-bond donors (Lipinski definition) is 0. The third-order valence-corrected chi connectivity index (χ3v) is 1.12. The highest BCUT2D eigenvalue weighted by molar-refractivity contribution is 5.24. The van der Waals surface area contributed by atoms with Crippen LogP contribution in [0.2, 0.25) is 0 Å². The molecule has 0 amide bonds. The van der Waals surface area contributed by atoms with Crippen LogP contribution in [0.15, 0.2) is 12.1 Å². The molecule has 0 saturated heterocycles. The molecule has 12 heavy (non-hydrogen) atoms. The molecule has 1 radical (unpaired) electrons. The number of nitriles is 1. The van der Waals surface area contributed by atoms with Gasteiger partial charge in [-0.05, 0) is 6.07 Å². The molecule has 0 spiro atoms. The molecule has 0 heterocycles. The highest BCUT2D eigenvalue weighted by Gasteiger charge is 2.03. The normalized spacial score (nSPS) is 9.08. The second-order valence-corrected chi connectivity index (χ2v) is 1.94. The summed E-state index contributed by atoms with van der Waals surface area (Å²) in [6.45, 7) is -0.305. The minimum absolute atomic E-state index is 0.271. The van der Waals surface area contributed by atoms with Crippen molar-refractivity contribution in [2.75, 3.05) is 6.61 Å². The van der Waals surface area contributed by atoms with Crippen LogP contribution < -0.4 is 4.74 Å². The average Bonchev–Trinajstić information content (AvgIpc) is 2.07. The zero-order chi connectivity index (χ0) is 8.97. The molecule has 0 saturated carbocycles. The number of halogens is 2. The Kier molecular flexibility index (Phi) is 2.59. The Morgan fingerprint density at radius 2 is 2.33 bits per heavy atom. The Hall–Kier alpha value is -1.63. The zero-order valence-electron chi connectivity index (χ0n) is 5.97. The summed E-state index contributed by atoms with van der Waals surface area (Å²) in [6.07, 6.45) is 0. The molecular formula is C8H4F2NO. The van der Waals surface area contributed by atoms with Gasteiger partial charge in [-0.1, -0.05) is 0 Å². The van der Waals surface area contributed by atoms with Crippen molar-refractivity contribution in [3.8, 4) is 11.8 Å². The van der Waals surface area contributed by atoms with E-state index in [1.165, 1.54) is 0 Å². The van der Waals surface area contributed by atoms with E-state index in [1.54, 1.807) is 6.07 Å². The summed E-state index contributed by atoms with van der Waals surface area (Å²) in [6, 6.07) is 5.31. The molecule has 2 nitrogen and oxygen atoms in total. The van der Waals surface area contributed by atoms with Crippen molar-refractivity contribution in [3.63, 3.8) is 0 Å². The molecule has 0 aliphatic carbocycles. The smallest absolute Gasteiger partial charge is 0.174 e. The molecule has 4 heteroatoms. The van der Waals surface area contributed by atoms with Gasteiger partial charge in [0.25, 0.3) is 0 Å². The number of benzene rings is 1. The molecule has 0 N–H and O–H groups in total. The summed E-state index contributed by atoms with van der Waals surface area (Å²) < 4.78 is 29.6. The van der Waals surface area contributed by atoms with Crippen LogP contribution in [0.5, 0.6) is 5.75 Å². The van der Waals surface area contributed by atoms with E-state index in [0.29, 0.717) is 0 Å². The molecule has 0 aliphatic heterocycles. The molecule has 1 aromatic rings. The fourth-order valence-corrected chi connectivity index (χ4v) is 0.650. The first-order valence-corrected chi connectivity index (χ1v) is 3.10. The SMILES string of the molecule is N#CCOc1cc(F)[c]cc1F. The second-order valence-electron chi connectivity index (χ2n) is 1.94. The summed E-state index contributed by atoms with van der Waals surface area (Å²) >= 11 is 0. The van der Waals surface area contributed by atoms with Crippen LogP contribution in [0, 0.1) is 29.0 Å². The Labute approximate surface area is 68.0 Å². The first kappa shape index (κ1) is 8.47. The molecule has 61 valence electrons. The van der Waals surface area contributed by atoms with Crippen molar-refractivity contribution < 1.29 is 13.5 Å². The maximum absolute atomic E-state index is 12.7. The topological polar surface area (TPSA) is 33.0 Å². The summed E-state index contributed by atoms with van der Waals surface area (Å²) in [7, 11) is 0. The molecule has 0 aliphatic rings. The van der Waals surface area contributed by atoms with Crippen molar-refractivity contribution in [2.24, 2.45) is 0 Å². The maximum Gasteiger partial charge on any atom is 0.174 e. The Morgan fingerprint density at radius 3 is 3.00 bits per heavy atom. The Morgan fingerprint density at radius 1 is 1.58 bits per heavy atom.